The van der Waals surface area contributed by atoms with Gasteiger partial charge in [0.1, 0.15) is 0 Å². The minimum Gasteiger partial charge on any atom is -0.348 e. The summed E-state index contributed by atoms with van der Waals surface area (Å²) in [5.74, 6) is 0.206. The van der Waals surface area contributed by atoms with Crippen molar-refractivity contribution >= 4 is 52.0 Å². The number of amides is 1. The van der Waals surface area contributed by atoms with Crippen molar-refractivity contribution in [1.29, 1.82) is 0 Å². The maximum atomic E-state index is 13.3. The van der Waals surface area contributed by atoms with Gasteiger partial charge < -0.3 is 4.90 Å². The smallest absolute Gasteiger partial charge is 0.235 e. The molecule has 4 aromatic carbocycles. The van der Waals surface area contributed by atoms with Gasteiger partial charge in [-0.3, -0.25) is 4.79 Å². The van der Waals surface area contributed by atoms with Gasteiger partial charge in [-0.05, 0) is 52.1 Å². The lowest BCUT2D eigenvalue weighted by Gasteiger charge is -2.37. The lowest BCUT2D eigenvalue weighted by molar-refractivity contribution is -0.128. The Hall–Kier alpha value is -2.34. The molecule has 2 nitrogen and oxygen atoms in total. The molecule has 3 aliphatic heterocycles. The minimum atomic E-state index is -0.184. The minimum absolute atomic E-state index is 0.0931. The van der Waals surface area contributed by atoms with Crippen molar-refractivity contribution in [1.82, 2.24) is 4.90 Å². The molecule has 2 unspecified atom stereocenters. The van der Waals surface area contributed by atoms with Gasteiger partial charge in [-0.2, -0.15) is 0 Å². The van der Waals surface area contributed by atoms with Crippen LogP contribution in [0.15, 0.2) is 99.6 Å². The van der Waals surface area contributed by atoms with E-state index in [0.29, 0.717) is 0 Å². The molecule has 1 fully saturated rings. The lowest BCUT2D eigenvalue weighted by atomic mass is 9.73. The van der Waals surface area contributed by atoms with Gasteiger partial charge in [0.05, 0.1) is 14.7 Å². The van der Waals surface area contributed by atoms with E-state index in [4.69, 9.17) is 0 Å². The average molecular weight is 498 g/mol. The molecule has 3 heterocycles. The Bertz CT molecular complexity index is 1450. The lowest BCUT2D eigenvalue weighted by Crippen LogP contribution is -2.39. The number of fused-ring (bicyclic) bond motifs is 9. The van der Waals surface area contributed by atoms with Crippen molar-refractivity contribution in [3.8, 4) is 0 Å². The third-order valence-corrected chi connectivity index (χ3v) is 11.7. The van der Waals surface area contributed by atoms with Crippen LogP contribution in [0.4, 0.5) is 0 Å². The zero-order chi connectivity index (χ0) is 23.1. The van der Waals surface area contributed by atoms with Gasteiger partial charge >= 0.3 is 0 Å². The molecule has 0 aliphatic carbocycles. The van der Waals surface area contributed by atoms with E-state index in [9.17, 15) is 4.79 Å². The second-order valence-corrected chi connectivity index (χ2v) is 13.2. The molecule has 0 bridgehead atoms. The standard InChI is InChI=1S/C29H23NOS3/c1-30(2)27(31)25-17-28(26-19-10-4-3-9-18(19)15-16-24(26)33-25)29(34-28)20-11-5-7-13-22(20)32-23-14-8-6-12-21(23)29/h3-16,25H,17H2,1-2H3. The Morgan fingerprint density at radius 3 is 2.18 bits per heavy atom. The van der Waals surface area contributed by atoms with Crippen molar-refractivity contribution in [2.75, 3.05) is 14.1 Å². The summed E-state index contributed by atoms with van der Waals surface area (Å²) in [7, 11) is 3.76. The molecule has 3 aliphatic rings. The Balaban J connectivity index is 1.55. The quantitative estimate of drug-likeness (QED) is 0.260. The first kappa shape index (κ1) is 21.0. The number of hydrogen-bond donors (Lipinski definition) is 0. The van der Waals surface area contributed by atoms with Crippen molar-refractivity contribution < 1.29 is 4.79 Å². The molecule has 7 rings (SSSR count). The SMILES string of the molecule is CN(C)C(=O)C1CC2(SC23c2ccccc2Sc2ccccc23)c2c(ccc3ccccc23)S1. The third-order valence-electron chi connectivity index (χ3n) is 7.36. The summed E-state index contributed by atoms with van der Waals surface area (Å²) in [6.07, 6.45) is 0.827. The zero-order valence-corrected chi connectivity index (χ0v) is 21.4. The van der Waals surface area contributed by atoms with Gasteiger partial charge in [0, 0.05) is 28.8 Å². The summed E-state index contributed by atoms with van der Waals surface area (Å²) in [6.45, 7) is 0. The van der Waals surface area contributed by atoms with Gasteiger partial charge in [-0.25, -0.2) is 0 Å². The second-order valence-electron chi connectivity index (χ2n) is 9.41. The van der Waals surface area contributed by atoms with Crippen molar-refractivity contribution in [2.24, 2.45) is 0 Å². The van der Waals surface area contributed by atoms with E-state index in [1.54, 1.807) is 16.7 Å². The first-order chi connectivity index (χ1) is 16.5. The molecule has 1 saturated heterocycles. The molecular formula is C29H23NOS3. The number of benzene rings is 4. The highest BCUT2D eigenvalue weighted by Crippen LogP contribution is 2.85. The van der Waals surface area contributed by atoms with E-state index < -0.39 is 0 Å². The molecule has 2 atom stereocenters. The summed E-state index contributed by atoms with van der Waals surface area (Å²) >= 11 is 5.69. The van der Waals surface area contributed by atoms with Crippen LogP contribution >= 0.6 is 35.3 Å². The van der Waals surface area contributed by atoms with Gasteiger partial charge in [0.25, 0.3) is 0 Å². The highest BCUT2D eigenvalue weighted by molar-refractivity contribution is 8.09. The van der Waals surface area contributed by atoms with Crippen LogP contribution in [0, 0.1) is 0 Å². The molecule has 0 aromatic heterocycles. The van der Waals surface area contributed by atoms with E-state index >= 15 is 0 Å². The first-order valence-electron chi connectivity index (χ1n) is 11.5. The summed E-state index contributed by atoms with van der Waals surface area (Å²) in [4.78, 5) is 19.0. The Kier molecular flexibility index (Phi) is 4.52. The van der Waals surface area contributed by atoms with E-state index in [2.05, 4.69) is 96.7 Å². The molecule has 2 spiro atoms. The fourth-order valence-corrected chi connectivity index (χ4v) is 10.9. The zero-order valence-electron chi connectivity index (χ0n) is 18.9. The Labute approximate surface area is 212 Å². The second kappa shape index (κ2) is 7.33. The molecular weight excluding hydrogens is 475 g/mol. The summed E-state index contributed by atoms with van der Waals surface area (Å²) in [5.41, 5.74) is 4.20. The molecule has 5 heteroatoms. The third kappa shape index (κ3) is 2.66. The highest BCUT2D eigenvalue weighted by Gasteiger charge is 2.75. The topological polar surface area (TPSA) is 20.3 Å². The number of carbonyl (C=O) groups is 1. The molecule has 4 aromatic rings. The van der Waals surface area contributed by atoms with Crippen LogP contribution in [0.3, 0.4) is 0 Å². The van der Waals surface area contributed by atoms with Gasteiger partial charge in [-0.1, -0.05) is 78.5 Å². The van der Waals surface area contributed by atoms with Gasteiger partial charge in [0.2, 0.25) is 5.91 Å². The summed E-state index contributed by atoms with van der Waals surface area (Å²) < 4.78 is -0.367. The average Bonchev–Trinajstić information content (AvgIpc) is 3.50. The van der Waals surface area contributed by atoms with Crippen molar-refractivity contribution in [2.45, 2.75) is 35.9 Å². The summed E-state index contributed by atoms with van der Waals surface area (Å²) in [6, 6.07) is 31.0. The molecule has 0 saturated carbocycles. The number of rotatable bonds is 1. The molecule has 1 amide bonds. The van der Waals surface area contributed by atoms with Crippen LogP contribution < -0.4 is 0 Å². The van der Waals surface area contributed by atoms with Crippen LogP contribution in [0.1, 0.15) is 23.1 Å². The van der Waals surface area contributed by atoms with Crippen LogP contribution in [-0.4, -0.2) is 30.2 Å². The fourth-order valence-electron chi connectivity index (χ4n) is 5.90. The van der Waals surface area contributed by atoms with Crippen LogP contribution in [-0.2, 0) is 14.3 Å². The molecule has 168 valence electrons. The first-order valence-corrected chi connectivity index (χ1v) is 14.0. The van der Waals surface area contributed by atoms with Gasteiger partial charge in [-0.15, -0.1) is 23.5 Å². The van der Waals surface area contributed by atoms with Crippen molar-refractivity contribution in [3.63, 3.8) is 0 Å². The van der Waals surface area contributed by atoms with E-state index in [-0.39, 0.29) is 20.7 Å². The number of nitrogens with zero attached hydrogens (tertiary/aromatic N) is 1. The maximum Gasteiger partial charge on any atom is 0.235 e. The number of thioether (sulfide) groups is 2. The van der Waals surface area contributed by atoms with E-state index in [0.717, 1.165) is 6.42 Å². The Morgan fingerprint density at radius 1 is 0.824 bits per heavy atom. The summed E-state index contributed by atoms with van der Waals surface area (Å²) in [5, 5.41) is 2.50. The Morgan fingerprint density at radius 2 is 1.47 bits per heavy atom. The molecule has 34 heavy (non-hydrogen) atoms. The normalized spacial score (nSPS) is 23.3. The monoisotopic (exact) mass is 497 g/mol. The largest absolute Gasteiger partial charge is 0.348 e. The maximum absolute atomic E-state index is 13.3. The highest BCUT2D eigenvalue weighted by atomic mass is 32.2. The molecule has 0 N–H and O–H groups in total. The van der Waals surface area contributed by atoms with Gasteiger partial charge in [0.15, 0.2) is 0 Å². The predicted molar refractivity (Wildman–Crippen MR) is 144 cm³/mol. The van der Waals surface area contributed by atoms with Crippen LogP contribution in [0.25, 0.3) is 10.8 Å². The molecule has 0 radical (unpaired) electrons. The predicted octanol–water partition coefficient (Wildman–Crippen LogP) is 7.14. The fraction of sp³-hybridized carbons (Fsp3) is 0.207. The van der Waals surface area contributed by atoms with E-state index in [1.807, 2.05) is 25.9 Å². The van der Waals surface area contributed by atoms with Crippen molar-refractivity contribution in [3.05, 3.63) is 102 Å². The number of hydrogen-bond acceptors (Lipinski definition) is 4. The van der Waals surface area contributed by atoms with Crippen LogP contribution in [0.2, 0.25) is 0 Å². The van der Waals surface area contributed by atoms with Crippen LogP contribution in [0.5, 0.6) is 0 Å². The van der Waals surface area contributed by atoms with E-state index in [1.165, 1.54) is 42.1 Å². The number of carbonyl (C=O) groups excluding carboxylic acids is 1.